The lowest BCUT2D eigenvalue weighted by molar-refractivity contribution is 0.0918. The fourth-order valence-corrected chi connectivity index (χ4v) is 2.93. The van der Waals surface area contributed by atoms with Crippen molar-refractivity contribution in [2.45, 2.75) is 32.3 Å². The summed E-state index contributed by atoms with van der Waals surface area (Å²) in [6.45, 7) is 0.385. The van der Waals surface area contributed by atoms with Crippen molar-refractivity contribution in [2.24, 2.45) is 5.92 Å². The molecule has 1 fully saturated rings. The molecule has 1 aliphatic rings. The van der Waals surface area contributed by atoms with E-state index in [2.05, 4.69) is 0 Å². The first-order valence-electron chi connectivity index (χ1n) is 7.74. The fraction of sp³-hybridized carbons (Fsp3) is 0.316. The molecule has 1 aliphatic carbocycles. The lowest BCUT2D eigenvalue weighted by Gasteiger charge is -2.11. The number of benzene rings is 2. The summed E-state index contributed by atoms with van der Waals surface area (Å²) in [7, 11) is 0. The Bertz CT molecular complexity index is 652. The first-order chi connectivity index (χ1) is 10.7. The summed E-state index contributed by atoms with van der Waals surface area (Å²) in [6, 6.07) is 14.2. The normalized spacial score (nSPS) is 14.3. The van der Waals surface area contributed by atoms with Crippen LogP contribution in [-0.4, -0.2) is 28.8 Å². The van der Waals surface area contributed by atoms with Gasteiger partial charge in [-0.3, -0.25) is 4.79 Å². The Hall–Kier alpha value is -1.39. The van der Waals surface area contributed by atoms with Crippen molar-refractivity contribution in [3.05, 3.63) is 65.5 Å². The smallest absolute Gasteiger partial charge is 0.168 e. The predicted octanol–water partition coefficient (Wildman–Crippen LogP) is 4.40. The minimum absolute atomic E-state index is 0. The van der Waals surface area contributed by atoms with Gasteiger partial charge in [-0.2, -0.15) is 0 Å². The summed E-state index contributed by atoms with van der Waals surface area (Å²) in [6.07, 6.45) is 3.89. The van der Waals surface area contributed by atoms with Crippen LogP contribution in [-0.2, 0) is 6.61 Å². The number of carbonyl (C=O) groups excluding carboxylic acids is 1. The molecule has 4 heteroatoms. The highest BCUT2D eigenvalue weighted by Gasteiger charge is 2.25. The van der Waals surface area contributed by atoms with E-state index in [4.69, 9.17) is 4.74 Å². The maximum atomic E-state index is 14.2. The molecule has 0 saturated heterocycles. The van der Waals surface area contributed by atoms with E-state index in [1.54, 1.807) is 12.1 Å². The van der Waals surface area contributed by atoms with Gasteiger partial charge in [0.15, 0.2) is 5.78 Å². The van der Waals surface area contributed by atoms with Crippen molar-refractivity contribution >= 4 is 28.8 Å². The molecule has 0 N–H and O–H groups in total. The number of hydrogen-bond acceptors (Lipinski definition) is 2. The van der Waals surface area contributed by atoms with Gasteiger partial charge in [0.25, 0.3) is 0 Å². The van der Waals surface area contributed by atoms with Gasteiger partial charge in [0.1, 0.15) is 18.2 Å². The molecule has 0 atom stereocenters. The van der Waals surface area contributed by atoms with E-state index in [0.717, 1.165) is 31.2 Å². The molecule has 1 saturated carbocycles. The Morgan fingerprint density at radius 3 is 2.43 bits per heavy atom. The van der Waals surface area contributed by atoms with Crippen LogP contribution in [0.2, 0.25) is 0 Å². The molecule has 0 aliphatic heterocycles. The second-order valence-electron chi connectivity index (χ2n) is 5.76. The third kappa shape index (κ3) is 4.55. The van der Waals surface area contributed by atoms with Crippen molar-refractivity contribution in [1.82, 2.24) is 0 Å². The number of Topliss-reactive ketones (excluding diaryl/α,β-unsaturated/α-hetero) is 1. The summed E-state index contributed by atoms with van der Waals surface area (Å²) in [4.78, 5) is 12.3. The van der Waals surface area contributed by atoms with E-state index in [1.165, 1.54) is 6.07 Å². The van der Waals surface area contributed by atoms with Crippen molar-refractivity contribution in [2.75, 3.05) is 0 Å². The molecule has 0 amide bonds. The molecule has 2 aromatic carbocycles. The molecule has 2 nitrogen and oxygen atoms in total. The Labute approximate surface area is 152 Å². The number of ketones is 1. The molecule has 0 heterocycles. The van der Waals surface area contributed by atoms with Crippen LogP contribution in [0, 0.1) is 11.7 Å². The standard InChI is InChI=1S/C19H19FO2.Mg/c20-18-12-16(22-13-14-6-2-1-3-7-14)10-11-17(18)19(21)15-8-4-5-9-15;/h1-3,6-7,10-12,15H,4-5,8-9,13H2;. The van der Waals surface area contributed by atoms with Gasteiger partial charge in [-0.25, -0.2) is 4.39 Å². The van der Waals surface area contributed by atoms with Gasteiger partial charge in [0, 0.05) is 35.0 Å². The van der Waals surface area contributed by atoms with E-state index >= 15 is 0 Å². The van der Waals surface area contributed by atoms with Crippen LogP contribution in [0.15, 0.2) is 48.5 Å². The molecule has 0 bridgehead atoms. The largest absolute Gasteiger partial charge is 0.489 e. The van der Waals surface area contributed by atoms with Crippen LogP contribution in [0.25, 0.3) is 0 Å². The predicted molar refractivity (Wildman–Crippen MR) is 89.2 cm³/mol. The molecular weight excluding hydrogens is 304 g/mol. The van der Waals surface area contributed by atoms with E-state index in [-0.39, 0.29) is 40.3 Å². The second kappa shape index (κ2) is 8.46. The van der Waals surface area contributed by atoms with Gasteiger partial charge in [0.2, 0.25) is 0 Å². The SMILES string of the molecule is O=C(c1ccc(OCc2ccccc2)cc1F)C1CCCC1.[Mg]. The Morgan fingerprint density at radius 1 is 1.09 bits per heavy atom. The molecule has 0 unspecified atom stereocenters. The summed E-state index contributed by atoms with van der Waals surface area (Å²) in [5.74, 6) is -0.109. The zero-order chi connectivity index (χ0) is 15.4. The maximum absolute atomic E-state index is 14.2. The van der Waals surface area contributed by atoms with Crippen molar-refractivity contribution in [3.8, 4) is 5.75 Å². The monoisotopic (exact) mass is 322 g/mol. The van der Waals surface area contributed by atoms with Crippen LogP contribution >= 0.6 is 0 Å². The molecule has 2 aromatic rings. The zero-order valence-corrected chi connectivity index (χ0v) is 14.5. The average Bonchev–Trinajstić information content (AvgIpc) is 3.08. The van der Waals surface area contributed by atoms with Gasteiger partial charge in [0.05, 0.1) is 5.56 Å². The van der Waals surface area contributed by atoms with E-state index in [1.807, 2.05) is 30.3 Å². The van der Waals surface area contributed by atoms with Crippen LogP contribution in [0.3, 0.4) is 0 Å². The number of halogens is 1. The number of hydrogen-bond donors (Lipinski definition) is 0. The van der Waals surface area contributed by atoms with Crippen LogP contribution in [0.5, 0.6) is 5.75 Å². The topological polar surface area (TPSA) is 26.3 Å². The van der Waals surface area contributed by atoms with E-state index in [0.29, 0.717) is 12.4 Å². The number of carbonyl (C=O) groups is 1. The summed E-state index contributed by atoms with van der Waals surface area (Å²) in [5, 5.41) is 0. The molecular formula is C19H19FMgO2. The number of rotatable bonds is 5. The lowest BCUT2D eigenvalue weighted by Crippen LogP contribution is -2.13. The molecule has 116 valence electrons. The van der Waals surface area contributed by atoms with Crippen molar-refractivity contribution < 1.29 is 13.9 Å². The van der Waals surface area contributed by atoms with Crippen LogP contribution in [0.4, 0.5) is 4.39 Å². The van der Waals surface area contributed by atoms with Gasteiger partial charge in [-0.05, 0) is 30.5 Å². The van der Waals surface area contributed by atoms with Crippen molar-refractivity contribution in [3.63, 3.8) is 0 Å². The Balaban J connectivity index is 0.00000192. The fourth-order valence-electron chi connectivity index (χ4n) is 2.93. The van der Waals surface area contributed by atoms with E-state index in [9.17, 15) is 9.18 Å². The van der Waals surface area contributed by atoms with Gasteiger partial charge >= 0.3 is 0 Å². The molecule has 23 heavy (non-hydrogen) atoms. The van der Waals surface area contributed by atoms with Gasteiger partial charge in [-0.15, -0.1) is 0 Å². The highest BCUT2D eigenvalue weighted by Crippen LogP contribution is 2.29. The zero-order valence-electron chi connectivity index (χ0n) is 13.1. The molecule has 0 aromatic heterocycles. The quantitative estimate of drug-likeness (QED) is 0.602. The second-order valence-corrected chi connectivity index (χ2v) is 5.76. The Morgan fingerprint density at radius 2 is 1.78 bits per heavy atom. The highest BCUT2D eigenvalue weighted by molar-refractivity contribution is 5.98. The first-order valence-corrected chi connectivity index (χ1v) is 7.74. The summed E-state index contributed by atoms with van der Waals surface area (Å²) >= 11 is 0. The third-order valence-electron chi connectivity index (χ3n) is 4.18. The van der Waals surface area contributed by atoms with Crippen LogP contribution in [0.1, 0.15) is 41.6 Å². The highest BCUT2D eigenvalue weighted by atomic mass is 24.3. The maximum Gasteiger partial charge on any atom is 0.168 e. The lowest BCUT2D eigenvalue weighted by atomic mass is 9.96. The molecule has 2 radical (unpaired) electrons. The summed E-state index contributed by atoms with van der Waals surface area (Å²) < 4.78 is 19.8. The third-order valence-corrected chi connectivity index (χ3v) is 4.18. The molecule has 0 spiro atoms. The van der Waals surface area contributed by atoms with Gasteiger partial charge in [-0.1, -0.05) is 43.2 Å². The minimum Gasteiger partial charge on any atom is -0.489 e. The molecule has 3 rings (SSSR count). The average molecular weight is 323 g/mol. The number of ether oxygens (including phenoxy) is 1. The minimum atomic E-state index is -0.484. The summed E-state index contributed by atoms with van der Waals surface area (Å²) in [5.41, 5.74) is 1.22. The van der Waals surface area contributed by atoms with Crippen molar-refractivity contribution in [1.29, 1.82) is 0 Å². The van der Waals surface area contributed by atoms with Crippen LogP contribution < -0.4 is 4.74 Å². The van der Waals surface area contributed by atoms with Gasteiger partial charge < -0.3 is 4.74 Å². The van der Waals surface area contributed by atoms with E-state index < -0.39 is 5.82 Å². The Kier molecular flexibility index (Phi) is 6.60. The first kappa shape index (κ1) is 18.0.